The van der Waals surface area contributed by atoms with Gasteiger partial charge in [0, 0.05) is 25.1 Å². The van der Waals surface area contributed by atoms with E-state index in [1.54, 1.807) is 0 Å². The number of ether oxygens (including phenoxy) is 1. The van der Waals surface area contributed by atoms with E-state index in [-0.39, 0.29) is 0 Å². The van der Waals surface area contributed by atoms with Crippen LogP contribution < -0.4 is 11.1 Å². The molecule has 1 aromatic carbocycles. The minimum Gasteiger partial charge on any atom is -0.381 e. The maximum absolute atomic E-state index is 5.71. The molecule has 0 atom stereocenters. The van der Waals surface area contributed by atoms with Crippen LogP contribution in [0.5, 0.6) is 0 Å². The molecule has 2 aromatic rings. The highest BCUT2D eigenvalue weighted by Gasteiger charge is 2.04. The number of nitrogens with zero attached hydrogens (tertiary/aromatic N) is 2. The zero-order valence-electron chi connectivity index (χ0n) is 11.2. The third-order valence-corrected chi connectivity index (χ3v) is 2.73. The number of aromatic nitrogens is 2. The van der Waals surface area contributed by atoms with Crippen molar-refractivity contribution in [2.45, 2.75) is 19.8 Å². The van der Waals surface area contributed by atoms with Gasteiger partial charge in [0.2, 0.25) is 5.95 Å². The van der Waals surface area contributed by atoms with Crippen molar-refractivity contribution in [3.63, 3.8) is 0 Å². The second-order valence-corrected chi connectivity index (χ2v) is 4.34. The molecule has 5 heteroatoms. The number of nitrogens with two attached hydrogens (primary N) is 1. The average molecular weight is 260 g/mol. The predicted octanol–water partition coefficient (Wildman–Crippen LogP) is 2.44. The van der Waals surface area contributed by atoms with E-state index < -0.39 is 0 Å². The van der Waals surface area contributed by atoms with Gasteiger partial charge in [-0.3, -0.25) is 0 Å². The normalized spacial score (nSPS) is 10.8. The van der Waals surface area contributed by atoms with Gasteiger partial charge >= 0.3 is 0 Å². The molecule has 2 rings (SSSR count). The lowest BCUT2D eigenvalue weighted by molar-refractivity contribution is 0.134. The van der Waals surface area contributed by atoms with Crippen molar-refractivity contribution in [2.24, 2.45) is 0 Å². The Kier molecular flexibility index (Phi) is 4.92. The maximum atomic E-state index is 5.71. The summed E-state index contributed by atoms with van der Waals surface area (Å²) < 4.78 is 5.43. The molecular weight excluding hydrogens is 240 g/mol. The van der Waals surface area contributed by atoms with Crippen LogP contribution in [-0.4, -0.2) is 29.7 Å². The van der Waals surface area contributed by atoms with E-state index in [4.69, 9.17) is 10.5 Å². The summed E-state index contributed by atoms with van der Waals surface area (Å²) in [6.45, 7) is 4.50. The molecule has 0 fully saturated rings. The Hall–Kier alpha value is -1.88. The first-order valence-electron chi connectivity index (χ1n) is 6.65. The molecule has 5 nitrogen and oxygen atoms in total. The topological polar surface area (TPSA) is 73.1 Å². The lowest BCUT2D eigenvalue weighted by atomic mass is 10.2. The van der Waals surface area contributed by atoms with Gasteiger partial charge in [-0.2, -0.15) is 4.98 Å². The van der Waals surface area contributed by atoms with Crippen molar-refractivity contribution < 1.29 is 4.74 Å². The molecule has 0 aliphatic heterocycles. The van der Waals surface area contributed by atoms with E-state index in [2.05, 4.69) is 22.2 Å². The molecular formula is C14H20N4O. The molecule has 0 amide bonds. The Morgan fingerprint density at radius 1 is 1.21 bits per heavy atom. The minimum absolute atomic E-state index is 0.295. The van der Waals surface area contributed by atoms with Crippen molar-refractivity contribution >= 4 is 22.7 Å². The summed E-state index contributed by atoms with van der Waals surface area (Å²) in [6, 6.07) is 7.84. The van der Waals surface area contributed by atoms with Crippen LogP contribution in [0, 0.1) is 0 Å². The fourth-order valence-electron chi connectivity index (χ4n) is 1.86. The monoisotopic (exact) mass is 260 g/mol. The SMILES string of the molecule is CCCOCCCNc1nc(N)nc2ccccc12. The largest absolute Gasteiger partial charge is 0.381 e. The van der Waals surface area contributed by atoms with Gasteiger partial charge in [-0.15, -0.1) is 0 Å². The van der Waals surface area contributed by atoms with Gasteiger partial charge in [-0.05, 0) is 25.0 Å². The molecule has 0 saturated carbocycles. The van der Waals surface area contributed by atoms with Crippen LogP contribution in [0.3, 0.4) is 0 Å². The van der Waals surface area contributed by atoms with E-state index >= 15 is 0 Å². The molecule has 0 radical (unpaired) electrons. The first kappa shape index (κ1) is 13.5. The Morgan fingerprint density at radius 3 is 2.89 bits per heavy atom. The molecule has 0 bridgehead atoms. The summed E-state index contributed by atoms with van der Waals surface area (Å²) in [4.78, 5) is 8.46. The van der Waals surface area contributed by atoms with Crippen molar-refractivity contribution in [1.82, 2.24) is 9.97 Å². The maximum Gasteiger partial charge on any atom is 0.222 e. The Labute approximate surface area is 113 Å². The zero-order chi connectivity index (χ0) is 13.5. The van der Waals surface area contributed by atoms with Crippen LogP contribution >= 0.6 is 0 Å². The standard InChI is InChI=1S/C14H20N4O/c1-2-9-19-10-5-8-16-13-11-6-3-4-7-12(11)17-14(15)18-13/h3-4,6-7H,2,5,8-10H2,1H3,(H3,15,16,17,18). The fourth-order valence-corrected chi connectivity index (χ4v) is 1.86. The molecule has 19 heavy (non-hydrogen) atoms. The predicted molar refractivity (Wildman–Crippen MR) is 78.2 cm³/mol. The average Bonchev–Trinajstić information content (AvgIpc) is 2.42. The second-order valence-electron chi connectivity index (χ2n) is 4.34. The summed E-state index contributed by atoms with van der Waals surface area (Å²) in [5.41, 5.74) is 6.57. The van der Waals surface area contributed by atoms with Crippen molar-refractivity contribution in [1.29, 1.82) is 0 Å². The lowest BCUT2D eigenvalue weighted by Gasteiger charge is -2.09. The summed E-state index contributed by atoms with van der Waals surface area (Å²) in [6.07, 6.45) is 2.00. The molecule has 1 aromatic heterocycles. The number of hydrogen-bond acceptors (Lipinski definition) is 5. The Balaban J connectivity index is 1.96. The Morgan fingerprint density at radius 2 is 2.05 bits per heavy atom. The second kappa shape index (κ2) is 6.89. The first-order chi connectivity index (χ1) is 9.31. The molecule has 3 N–H and O–H groups in total. The van der Waals surface area contributed by atoms with Crippen LogP contribution in [0.4, 0.5) is 11.8 Å². The van der Waals surface area contributed by atoms with E-state index in [0.29, 0.717) is 5.95 Å². The molecule has 0 saturated heterocycles. The van der Waals surface area contributed by atoms with Gasteiger partial charge in [0.1, 0.15) is 5.82 Å². The highest BCUT2D eigenvalue weighted by molar-refractivity contribution is 5.89. The molecule has 0 spiro atoms. The van der Waals surface area contributed by atoms with Crippen LogP contribution in [0.25, 0.3) is 10.9 Å². The van der Waals surface area contributed by atoms with Crippen molar-refractivity contribution in [3.05, 3.63) is 24.3 Å². The van der Waals surface area contributed by atoms with Crippen molar-refractivity contribution in [3.8, 4) is 0 Å². The molecule has 0 unspecified atom stereocenters. The summed E-state index contributed by atoms with van der Waals surface area (Å²) >= 11 is 0. The molecule has 0 aliphatic carbocycles. The number of nitrogens with one attached hydrogen (secondary N) is 1. The third-order valence-electron chi connectivity index (χ3n) is 2.73. The van der Waals surface area contributed by atoms with Gasteiger partial charge in [-0.1, -0.05) is 19.1 Å². The van der Waals surface area contributed by atoms with Crippen LogP contribution in [-0.2, 0) is 4.74 Å². The van der Waals surface area contributed by atoms with Gasteiger partial charge in [0.25, 0.3) is 0 Å². The zero-order valence-corrected chi connectivity index (χ0v) is 11.2. The summed E-state index contributed by atoms with van der Waals surface area (Å²) in [5.74, 6) is 1.09. The van der Waals surface area contributed by atoms with E-state index in [0.717, 1.165) is 49.3 Å². The van der Waals surface area contributed by atoms with Gasteiger partial charge in [0.05, 0.1) is 5.52 Å². The van der Waals surface area contributed by atoms with Crippen LogP contribution in [0.1, 0.15) is 19.8 Å². The van der Waals surface area contributed by atoms with E-state index in [9.17, 15) is 0 Å². The number of benzene rings is 1. The molecule has 1 heterocycles. The summed E-state index contributed by atoms with van der Waals surface area (Å²) in [5, 5.41) is 4.29. The number of para-hydroxylation sites is 1. The number of fused-ring (bicyclic) bond motifs is 1. The van der Waals surface area contributed by atoms with Gasteiger partial charge < -0.3 is 15.8 Å². The minimum atomic E-state index is 0.295. The highest BCUT2D eigenvalue weighted by Crippen LogP contribution is 2.20. The lowest BCUT2D eigenvalue weighted by Crippen LogP contribution is -2.09. The fraction of sp³-hybridized carbons (Fsp3) is 0.429. The van der Waals surface area contributed by atoms with Crippen molar-refractivity contribution in [2.75, 3.05) is 30.8 Å². The first-order valence-corrected chi connectivity index (χ1v) is 6.65. The highest BCUT2D eigenvalue weighted by atomic mass is 16.5. The molecule has 0 aliphatic rings. The number of rotatable bonds is 7. The number of nitrogen functional groups attached to an aromatic ring is 1. The van der Waals surface area contributed by atoms with Gasteiger partial charge in [-0.25, -0.2) is 4.98 Å². The van der Waals surface area contributed by atoms with Crippen LogP contribution in [0.2, 0.25) is 0 Å². The third kappa shape index (κ3) is 3.79. The van der Waals surface area contributed by atoms with E-state index in [1.807, 2.05) is 24.3 Å². The Bertz CT molecular complexity index is 530. The van der Waals surface area contributed by atoms with E-state index in [1.165, 1.54) is 0 Å². The summed E-state index contributed by atoms with van der Waals surface area (Å²) in [7, 11) is 0. The number of anilines is 2. The quantitative estimate of drug-likeness (QED) is 0.748. The van der Waals surface area contributed by atoms with Gasteiger partial charge in [0.15, 0.2) is 0 Å². The smallest absolute Gasteiger partial charge is 0.222 e. The number of hydrogen-bond donors (Lipinski definition) is 2. The molecule has 102 valence electrons. The van der Waals surface area contributed by atoms with Crippen LogP contribution in [0.15, 0.2) is 24.3 Å².